The number of ether oxygens (including phenoxy) is 2. The van der Waals surface area contributed by atoms with Crippen LogP contribution in [0.25, 0.3) is 0 Å². The van der Waals surface area contributed by atoms with Gasteiger partial charge in [0, 0.05) is 23.9 Å². The van der Waals surface area contributed by atoms with Gasteiger partial charge in [-0.25, -0.2) is 0 Å². The summed E-state index contributed by atoms with van der Waals surface area (Å²) in [6, 6.07) is 5.19. The van der Waals surface area contributed by atoms with Crippen LogP contribution >= 0.6 is 0 Å². The first kappa shape index (κ1) is 17.3. The summed E-state index contributed by atoms with van der Waals surface area (Å²) < 4.78 is 10.4. The molecule has 3 N–H and O–H groups in total. The maximum Gasteiger partial charge on any atom is 0.227 e. The zero-order chi connectivity index (χ0) is 17.8. The summed E-state index contributed by atoms with van der Waals surface area (Å²) in [6.07, 6.45) is 3.54. The van der Waals surface area contributed by atoms with Gasteiger partial charge in [-0.1, -0.05) is 0 Å². The van der Waals surface area contributed by atoms with Crippen LogP contribution in [0.1, 0.15) is 41.7 Å². The van der Waals surface area contributed by atoms with Crippen LogP contribution in [0.3, 0.4) is 0 Å². The quantitative estimate of drug-likeness (QED) is 0.740. The zero-order valence-electron chi connectivity index (χ0n) is 14.4. The van der Waals surface area contributed by atoms with Gasteiger partial charge in [-0.15, -0.1) is 0 Å². The summed E-state index contributed by atoms with van der Waals surface area (Å²) in [7, 11) is 3.11. The molecule has 0 fully saturated rings. The Hall–Kier alpha value is -2.54. The molecule has 1 aliphatic carbocycles. The number of aromatic amines is 1. The van der Waals surface area contributed by atoms with Crippen molar-refractivity contribution in [2.45, 2.75) is 31.3 Å². The van der Waals surface area contributed by atoms with Gasteiger partial charge in [0.25, 0.3) is 0 Å². The van der Waals surface area contributed by atoms with E-state index in [1.54, 1.807) is 38.6 Å². The fraction of sp³-hybridized carbons (Fsp3) is 0.444. The van der Waals surface area contributed by atoms with Gasteiger partial charge in [-0.3, -0.25) is 9.89 Å². The smallest absolute Gasteiger partial charge is 0.227 e. The molecule has 0 aliphatic heterocycles. The number of amides is 1. The molecule has 1 aromatic heterocycles. The van der Waals surface area contributed by atoms with E-state index in [9.17, 15) is 9.90 Å². The molecule has 0 bridgehead atoms. The topological polar surface area (TPSA) is 96.5 Å². The van der Waals surface area contributed by atoms with Crippen LogP contribution in [-0.2, 0) is 11.2 Å². The molecule has 0 saturated heterocycles. The SMILES string of the molecule is COc1cc(OC)cc([C@H](O)CNC(=O)[C@@H]2CCCc3[nH]ncc32)c1. The van der Waals surface area contributed by atoms with E-state index in [0.29, 0.717) is 17.1 Å². The van der Waals surface area contributed by atoms with Crippen molar-refractivity contribution in [2.75, 3.05) is 20.8 Å². The molecular formula is C18H23N3O4. The Morgan fingerprint density at radius 2 is 2.08 bits per heavy atom. The summed E-state index contributed by atoms with van der Waals surface area (Å²) >= 11 is 0. The van der Waals surface area contributed by atoms with Crippen molar-refractivity contribution in [3.63, 3.8) is 0 Å². The van der Waals surface area contributed by atoms with E-state index >= 15 is 0 Å². The standard InChI is InChI=1S/C18H23N3O4/c1-24-12-6-11(7-13(8-12)25-2)17(22)10-19-18(23)14-4-3-5-16-15(14)9-20-21-16/h6-9,14,17,22H,3-5,10H2,1-2H3,(H,19,23)(H,20,21)/t14-,17-/m1/s1. The molecule has 1 heterocycles. The number of aryl methyl sites for hydroxylation is 1. The van der Waals surface area contributed by atoms with E-state index < -0.39 is 6.10 Å². The molecule has 7 nitrogen and oxygen atoms in total. The molecule has 0 radical (unpaired) electrons. The molecule has 1 aromatic carbocycles. The number of carbonyl (C=O) groups excluding carboxylic acids is 1. The van der Waals surface area contributed by atoms with Crippen molar-refractivity contribution < 1.29 is 19.4 Å². The lowest BCUT2D eigenvalue weighted by Gasteiger charge is -2.22. The van der Waals surface area contributed by atoms with Crippen molar-refractivity contribution in [2.24, 2.45) is 0 Å². The Balaban J connectivity index is 1.65. The lowest BCUT2D eigenvalue weighted by molar-refractivity contribution is -0.123. The van der Waals surface area contributed by atoms with Gasteiger partial charge >= 0.3 is 0 Å². The first-order valence-electron chi connectivity index (χ1n) is 8.33. The molecule has 0 unspecified atom stereocenters. The second-order valence-electron chi connectivity index (χ2n) is 6.16. The number of methoxy groups -OCH3 is 2. The average Bonchev–Trinajstić information content (AvgIpc) is 3.14. The van der Waals surface area contributed by atoms with Crippen LogP contribution in [0.15, 0.2) is 24.4 Å². The molecule has 25 heavy (non-hydrogen) atoms. The normalized spacial score (nSPS) is 17.5. The van der Waals surface area contributed by atoms with E-state index in [0.717, 1.165) is 30.5 Å². The molecule has 3 rings (SSSR count). The fourth-order valence-corrected chi connectivity index (χ4v) is 3.19. The van der Waals surface area contributed by atoms with Crippen LogP contribution in [0.5, 0.6) is 11.5 Å². The number of nitrogens with one attached hydrogen (secondary N) is 2. The largest absolute Gasteiger partial charge is 0.497 e. The molecule has 1 amide bonds. The van der Waals surface area contributed by atoms with Gasteiger partial charge in [-0.2, -0.15) is 5.10 Å². The van der Waals surface area contributed by atoms with Crippen molar-refractivity contribution in [3.05, 3.63) is 41.2 Å². The number of nitrogens with zero attached hydrogens (tertiary/aromatic N) is 1. The number of carbonyl (C=O) groups is 1. The van der Waals surface area contributed by atoms with Crippen molar-refractivity contribution in [1.82, 2.24) is 15.5 Å². The first-order chi connectivity index (χ1) is 12.1. The van der Waals surface area contributed by atoms with Crippen molar-refractivity contribution >= 4 is 5.91 Å². The number of rotatable bonds is 6. The maximum absolute atomic E-state index is 12.5. The van der Waals surface area contributed by atoms with Crippen LogP contribution in [0, 0.1) is 0 Å². The highest BCUT2D eigenvalue weighted by molar-refractivity contribution is 5.84. The number of fused-ring (bicyclic) bond motifs is 1. The Bertz CT molecular complexity index is 721. The highest BCUT2D eigenvalue weighted by Crippen LogP contribution is 2.30. The van der Waals surface area contributed by atoms with Gasteiger partial charge in [0.1, 0.15) is 11.5 Å². The molecule has 134 valence electrons. The van der Waals surface area contributed by atoms with Crippen LogP contribution in [0.2, 0.25) is 0 Å². The Labute approximate surface area is 146 Å². The van der Waals surface area contributed by atoms with Crippen molar-refractivity contribution in [1.29, 1.82) is 0 Å². The number of hydrogen-bond donors (Lipinski definition) is 3. The van der Waals surface area contributed by atoms with Gasteiger partial charge in [0.2, 0.25) is 5.91 Å². The Morgan fingerprint density at radius 1 is 1.36 bits per heavy atom. The van der Waals surface area contributed by atoms with Crippen LogP contribution in [-0.4, -0.2) is 42.0 Å². The summed E-state index contributed by atoms with van der Waals surface area (Å²) in [5.74, 6) is 0.885. The highest BCUT2D eigenvalue weighted by Gasteiger charge is 2.28. The molecule has 1 aliphatic rings. The van der Waals surface area contributed by atoms with Crippen LogP contribution < -0.4 is 14.8 Å². The summed E-state index contributed by atoms with van der Waals surface area (Å²) in [5.41, 5.74) is 2.62. The Morgan fingerprint density at radius 3 is 2.76 bits per heavy atom. The number of hydrogen-bond acceptors (Lipinski definition) is 5. The van der Waals surface area contributed by atoms with E-state index in [4.69, 9.17) is 9.47 Å². The summed E-state index contributed by atoms with van der Waals surface area (Å²) in [5, 5.41) is 20.2. The third-order valence-electron chi connectivity index (χ3n) is 4.59. The predicted molar refractivity (Wildman–Crippen MR) is 91.8 cm³/mol. The van der Waals surface area contributed by atoms with E-state index in [1.165, 1.54) is 0 Å². The number of H-pyrrole nitrogens is 1. The molecule has 2 atom stereocenters. The summed E-state index contributed by atoms with van der Waals surface area (Å²) in [4.78, 5) is 12.5. The lowest BCUT2D eigenvalue weighted by Crippen LogP contribution is -2.34. The Kier molecular flexibility index (Phi) is 5.23. The van der Waals surface area contributed by atoms with E-state index in [2.05, 4.69) is 15.5 Å². The van der Waals surface area contributed by atoms with Gasteiger partial charge in [0.15, 0.2) is 0 Å². The van der Waals surface area contributed by atoms with Gasteiger partial charge in [0.05, 0.1) is 32.4 Å². The van der Waals surface area contributed by atoms with Crippen LogP contribution in [0.4, 0.5) is 0 Å². The lowest BCUT2D eigenvalue weighted by atomic mass is 9.86. The highest BCUT2D eigenvalue weighted by atomic mass is 16.5. The van der Waals surface area contributed by atoms with E-state index in [1.807, 2.05) is 0 Å². The molecule has 7 heteroatoms. The molecule has 0 spiro atoms. The fourth-order valence-electron chi connectivity index (χ4n) is 3.19. The number of aliphatic hydroxyl groups excluding tert-OH is 1. The van der Waals surface area contributed by atoms with E-state index in [-0.39, 0.29) is 18.4 Å². The number of aromatic nitrogens is 2. The second kappa shape index (κ2) is 7.57. The minimum Gasteiger partial charge on any atom is -0.497 e. The average molecular weight is 345 g/mol. The molecular weight excluding hydrogens is 322 g/mol. The van der Waals surface area contributed by atoms with Gasteiger partial charge in [-0.05, 0) is 37.0 Å². The number of aliphatic hydroxyl groups is 1. The third kappa shape index (κ3) is 3.76. The first-order valence-corrected chi connectivity index (χ1v) is 8.33. The third-order valence-corrected chi connectivity index (χ3v) is 4.59. The minimum absolute atomic E-state index is 0.0868. The second-order valence-corrected chi connectivity index (χ2v) is 6.16. The summed E-state index contributed by atoms with van der Waals surface area (Å²) in [6.45, 7) is 0.124. The zero-order valence-corrected chi connectivity index (χ0v) is 14.4. The van der Waals surface area contributed by atoms with Crippen molar-refractivity contribution in [3.8, 4) is 11.5 Å². The predicted octanol–water partition coefficient (Wildman–Crippen LogP) is 1.70. The monoisotopic (exact) mass is 345 g/mol. The minimum atomic E-state index is -0.847. The number of benzene rings is 1. The molecule has 2 aromatic rings. The maximum atomic E-state index is 12.5. The van der Waals surface area contributed by atoms with Gasteiger partial charge < -0.3 is 19.9 Å². The molecule has 0 saturated carbocycles.